The van der Waals surface area contributed by atoms with E-state index in [0.29, 0.717) is 22.9 Å². The molecular formula is C17H21N3O5S. The van der Waals surface area contributed by atoms with Gasteiger partial charge in [0.2, 0.25) is 15.9 Å². The molecule has 9 heteroatoms. The summed E-state index contributed by atoms with van der Waals surface area (Å²) in [5.74, 6) is 0.328. The van der Waals surface area contributed by atoms with Crippen molar-refractivity contribution < 1.29 is 22.7 Å². The Kier molecular flexibility index (Phi) is 6.04. The summed E-state index contributed by atoms with van der Waals surface area (Å²) in [5, 5.41) is 2.65. The highest BCUT2D eigenvalue weighted by atomic mass is 32.2. The van der Waals surface area contributed by atoms with Crippen LogP contribution in [0.1, 0.15) is 6.92 Å². The average molecular weight is 379 g/mol. The van der Waals surface area contributed by atoms with Crippen LogP contribution in [-0.2, 0) is 14.8 Å². The third-order valence-electron chi connectivity index (χ3n) is 3.64. The first-order valence-electron chi connectivity index (χ1n) is 7.70. The number of anilines is 2. The molecule has 1 atom stereocenters. The predicted octanol–water partition coefficient (Wildman–Crippen LogP) is 1.89. The molecule has 26 heavy (non-hydrogen) atoms. The largest absolute Gasteiger partial charge is 0.493 e. The summed E-state index contributed by atoms with van der Waals surface area (Å²) < 4.78 is 36.1. The predicted molar refractivity (Wildman–Crippen MR) is 99.2 cm³/mol. The van der Waals surface area contributed by atoms with Crippen LogP contribution in [0.3, 0.4) is 0 Å². The summed E-state index contributed by atoms with van der Waals surface area (Å²) in [6.07, 6.45) is 4.09. The quantitative estimate of drug-likeness (QED) is 0.789. The van der Waals surface area contributed by atoms with Crippen LogP contribution in [0, 0.1) is 0 Å². The Hall–Kier alpha value is -2.81. The Morgan fingerprint density at radius 1 is 1.19 bits per heavy atom. The number of pyridine rings is 1. The van der Waals surface area contributed by atoms with E-state index in [1.54, 1.807) is 30.5 Å². The number of hydrogen-bond donors (Lipinski definition) is 1. The molecule has 1 aromatic heterocycles. The van der Waals surface area contributed by atoms with Crippen molar-refractivity contribution in [2.45, 2.75) is 13.0 Å². The second kappa shape index (κ2) is 8.05. The number of hydrogen-bond acceptors (Lipinski definition) is 6. The van der Waals surface area contributed by atoms with Crippen molar-refractivity contribution in [3.8, 4) is 11.5 Å². The summed E-state index contributed by atoms with van der Waals surface area (Å²) in [4.78, 5) is 16.5. The second-order valence-corrected chi connectivity index (χ2v) is 7.36. The highest BCUT2D eigenvalue weighted by Crippen LogP contribution is 2.33. The molecule has 0 fully saturated rings. The molecule has 0 saturated carbocycles. The molecule has 0 aliphatic carbocycles. The number of rotatable bonds is 7. The zero-order chi connectivity index (χ0) is 19.3. The van der Waals surface area contributed by atoms with Gasteiger partial charge in [0.15, 0.2) is 11.5 Å². The molecular weight excluding hydrogens is 358 g/mol. The SMILES string of the molecule is COc1ccc(N([C@@H](C)C(=O)Nc2cccnc2)S(C)(=O)=O)cc1OC. The van der Waals surface area contributed by atoms with Crippen LogP contribution in [0.25, 0.3) is 0 Å². The molecule has 0 saturated heterocycles. The van der Waals surface area contributed by atoms with Crippen LogP contribution in [0.4, 0.5) is 11.4 Å². The molecule has 0 bridgehead atoms. The van der Waals surface area contributed by atoms with E-state index in [-0.39, 0.29) is 0 Å². The van der Waals surface area contributed by atoms with E-state index in [0.717, 1.165) is 10.6 Å². The number of amides is 1. The van der Waals surface area contributed by atoms with Crippen LogP contribution in [0.5, 0.6) is 11.5 Å². The molecule has 8 nitrogen and oxygen atoms in total. The minimum atomic E-state index is -3.74. The van der Waals surface area contributed by atoms with Crippen LogP contribution in [0.2, 0.25) is 0 Å². The summed E-state index contributed by atoms with van der Waals surface area (Å²) in [5.41, 5.74) is 0.768. The van der Waals surface area contributed by atoms with Gasteiger partial charge in [0.05, 0.1) is 38.0 Å². The molecule has 0 unspecified atom stereocenters. The zero-order valence-corrected chi connectivity index (χ0v) is 15.8. The standard InChI is InChI=1S/C17H21N3O5S/c1-12(17(21)19-13-6-5-9-18-11-13)20(26(4,22)23)14-7-8-15(24-2)16(10-14)25-3/h5-12H,1-4H3,(H,19,21)/t12-/m0/s1. The van der Waals surface area contributed by atoms with Crippen molar-refractivity contribution in [3.63, 3.8) is 0 Å². The van der Waals surface area contributed by atoms with Crippen molar-refractivity contribution in [1.82, 2.24) is 4.98 Å². The van der Waals surface area contributed by atoms with Gasteiger partial charge in [-0.25, -0.2) is 8.42 Å². The van der Waals surface area contributed by atoms with E-state index in [2.05, 4.69) is 10.3 Å². The van der Waals surface area contributed by atoms with Crippen LogP contribution < -0.4 is 19.1 Å². The van der Waals surface area contributed by atoms with Gasteiger partial charge in [0.1, 0.15) is 6.04 Å². The van der Waals surface area contributed by atoms with Gasteiger partial charge in [-0.15, -0.1) is 0 Å². The third kappa shape index (κ3) is 4.42. The van der Waals surface area contributed by atoms with Crippen LogP contribution in [-0.4, -0.2) is 45.8 Å². The molecule has 2 aromatic rings. The fourth-order valence-corrected chi connectivity index (χ4v) is 3.62. The molecule has 2 rings (SSSR count). The summed E-state index contributed by atoms with van der Waals surface area (Å²) in [6, 6.07) is 6.98. The first kappa shape index (κ1) is 19.5. The van der Waals surface area contributed by atoms with Crippen molar-refractivity contribution in [2.75, 3.05) is 30.1 Å². The number of nitrogens with zero attached hydrogens (tertiary/aromatic N) is 2. The third-order valence-corrected chi connectivity index (χ3v) is 4.88. The molecule has 1 aromatic carbocycles. The molecule has 1 heterocycles. The lowest BCUT2D eigenvalue weighted by atomic mass is 10.2. The lowest BCUT2D eigenvalue weighted by Crippen LogP contribution is -2.45. The van der Waals surface area contributed by atoms with Crippen LogP contribution in [0.15, 0.2) is 42.7 Å². The number of methoxy groups -OCH3 is 2. The van der Waals surface area contributed by atoms with E-state index in [9.17, 15) is 13.2 Å². The minimum absolute atomic E-state index is 0.291. The molecule has 0 aliphatic heterocycles. The fraction of sp³-hybridized carbons (Fsp3) is 0.294. The molecule has 0 radical (unpaired) electrons. The van der Waals surface area contributed by atoms with Crippen LogP contribution >= 0.6 is 0 Å². The van der Waals surface area contributed by atoms with Gasteiger partial charge in [-0.3, -0.25) is 14.1 Å². The summed E-state index contributed by atoms with van der Waals surface area (Å²) >= 11 is 0. The number of benzene rings is 1. The highest BCUT2D eigenvalue weighted by Gasteiger charge is 2.30. The maximum atomic E-state index is 12.6. The van der Waals surface area contributed by atoms with Gasteiger partial charge in [0.25, 0.3) is 0 Å². The molecule has 140 valence electrons. The topological polar surface area (TPSA) is 97.8 Å². The van der Waals surface area contributed by atoms with E-state index in [1.165, 1.54) is 33.4 Å². The lowest BCUT2D eigenvalue weighted by Gasteiger charge is -2.28. The van der Waals surface area contributed by atoms with Gasteiger partial charge in [-0.1, -0.05) is 0 Å². The molecule has 1 amide bonds. The Bertz CT molecular complexity index is 871. The van der Waals surface area contributed by atoms with Gasteiger partial charge >= 0.3 is 0 Å². The second-order valence-electron chi connectivity index (χ2n) is 5.51. The van der Waals surface area contributed by atoms with E-state index in [1.807, 2.05) is 0 Å². The van der Waals surface area contributed by atoms with Crippen molar-refractivity contribution in [1.29, 1.82) is 0 Å². The lowest BCUT2D eigenvalue weighted by molar-refractivity contribution is -0.116. The number of nitrogens with one attached hydrogen (secondary N) is 1. The number of carbonyl (C=O) groups is 1. The maximum absolute atomic E-state index is 12.6. The summed E-state index contributed by atoms with van der Waals surface area (Å²) in [6.45, 7) is 1.50. The first-order valence-corrected chi connectivity index (χ1v) is 9.55. The fourth-order valence-electron chi connectivity index (χ4n) is 2.45. The monoisotopic (exact) mass is 379 g/mol. The smallest absolute Gasteiger partial charge is 0.248 e. The van der Waals surface area contributed by atoms with E-state index >= 15 is 0 Å². The Morgan fingerprint density at radius 2 is 1.88 bits per heavy atom. The number of ether oxygens (including phenoxy) is 2. The number of aromatic nitrogens is 1. The molecule has 1 N–H and O–H groups in total. The highest BCUT2D eigenvalue weighted by molar-refractivity contribution is 7.92. The van der Waals surface area contributed by atoms with E-state index in [4.69, 9.17) is 9.47 Å². The van der Waals surface area contributed by atoms with E-state index < -0.39 is 22.0 Å². The van der Waals surface area contributed by atoms with Gasteiger partial charge < -0.3 is 14.8 Å². The van der Waals surface area contributed by atoms with Crippen molar-refractivity contribution >= 4 is 27.3 Å². The normalized spacial score (nSPS) is 12.2. The summed E-state index contributed by atoms with van der Waals surface area (Å²) in [7, 11) is -0.807. The number of sulfonamides is 1. The zero-order valence-electron chi connectivity index (χ0n) is 15.0. The van der Waals surface area contributed by atoms with Gasteiger partial charge in [-0.05, 0) is 31.2 Å². The van der Waals surface area contributed by atoms with Gasteiger partial charge in [-0.2, -0.15) is 0 Å². The average Bonchev–Trinajstić information content (AvgIpc) is 2.61. The first-order chi connectivity index (χ1) is 12.3. The Labute approximate surface area is 152 Å². The molecule has 0 aliphatic rings. The van der Waals surface area contributed by atoms with Crippen molar-refractivity contribution in [3.05, 3.63) is 42.7 Å². The number of carbonyl (C=O) groups excluding carboxylic acids is 1. The van der Waals surface area contributed by atoms with Gasteiger partial charge in [0, 0.05) is 12.3 Å². The Morgan fingerprint density at radius 3 is 2.42 bits per heavy atom. The molecule has 0 spiro atoms. The Balaban J connectivity index is 2.37. The minimum Gasteiger partial charge on any atom is -0.493 e. The van der Waals surface area contributed by atoms with Crippen molar-refractivity contribution in [2.24, 2.45) is 0 Å². The maximum Gasteiger partial charge on any atom is 0.248 e.